The number of carboxylic acids is 1. The topological polar surface area (TPSA) is 96.6 Å². The third-order valence-electron chi connectivity index (χ3n) is 4.49. The maximum atomic E-state index is 14.1. The SMILES string of the molecule is O=C(O)C(=O)/C=C(\O)c1cc(Cc2ccccc2F)cn(Cc2cccc(Cl)c2)c1=O. The number of nitrogens with zero attached hydrogens (tertiary/aromatic N) is 1. The number of aromatic nitrogens is 1. The second-order valence-corrected chi connectivity index (χ2v) is 7.23. The standard InChI is InChI=1S/C23H17ClFNO5/c24-17-6-3-4-14(9-17)12-26-13-15(8-16-5-1-2-7-19(16)25)10-18(22(26)29)20(27)11-21(28)23(30)31/h1-7,9-11,13,27H,8,12H2,(H,30,31)/b20-11-. The van der Waals surface area contributed by atoms with E-state index < -0.39 is 28.9 Å². The van der Waals surface area contributed by atoms with Crippen molar-refractivity contribution in [3.8, 4) is 0 Å². The number of aliphatic carboxylic acids is 1. The third kappa shape index (κ3) is 5.46. The van der Waals surface area contributed by atoms with Crippen molar-refractivity contribution >= 4 is 29.1 Å². The predicted octanol–water partition coefficient (Wildman–Crippen LogP) is 3.83. The van der Waals surface area contributed by atoms with Crippen molar-refractivity contribution in [2.24, 2.45) is 0 Å². The molecule has 3 aromatic rings. The van der Waals surface area contributed by atoms with Gasteiger partial charge in [0.05, 0.1) is 12.1 Å². The number of pyridine rings is 1. The maximum absolute atomic E-state index is 14.1. The molecule has 0 aliphatic rings. The lowest BCUT2D eigenvalue weighted by Crippen LogP contribution is -2.25. The molecule has 0 fully saturated rings. The van der Waals surface area contributed by atoms with Crippen LogP contribution < -0.4 is 5.56 Å². The number of hydrogen-bond acceptors (Lipinski definition) is 4. The fourth-order valence-electron chi connectivity index (χ4n) is 3.05. The Balaban J connectivity index is 2.10. The van der Waals surface area contributed by atoms with E-state index in [2.05, 4.69) is 0 Å². The Labute approximate surface area is 181 Å². The van der Waals surface area contributed by atoms with Crippen molar-refractivity contribution in [3.05, 3.63) is 110 Å². The van der Waals surface area contributed by atoms with Gasteiger partial charge in [-0.1, -0.05) is 41.9 Å². The Hall–Kier alpha value is -3.71. The Morgan fingerprint density at radius 2 is 1.77 bits per heavy atom. The molecule has 8 heteroatoms. The molecule has 0 saturated carbocycles. The second kappa shape index (κ2) is 9.40. The van der Waals surface area contributed by atoms with Gasteiger partial charge in [0, 0.05) is 23.7 Å². The highest BCUT2D eigenvalue weighted by atomic mass is 35.5. The van der Waals surface area contributed by atoms with Gasteiger partial charge in [-0.2, -0.15) is 0 Å². The molecular weight excluding hydrogens is 425 g/mol. The minimum atomic E-state index is -1.77. The Morgan fingerprint density at radius 3 is 2.45 bits per heavy atom. The zero-order chi connectivity index (χ0) is 22.5. The number of rotatable bonds is 7. The van der Waals surface area contributed by atoms with E-state index in [9.17, 15) is 23.9 Å². The number of benzene rings is 2. The van der Waals surface area contributed by atoms with Crippen LogP contribution in [0.4, 0.5) is 4.39 Å². The van der Waals surface area contributed by atoms with Crippen molar-refractivity contribution < 1.29 is 24.2 Å². The van der Waals surface area contributed by atoms with E-state index in [0.717, 1.165) is 0 Å². The average Bonchev–Trinajstić information content (AvgIpc) is 2.71. The molecule has 0 aliphatic carbocycles. The molecule has 2 aromatic carbocycles. The number of carbonyl (C=O) groups excluding carboxylic acids is 1. The summed E-state index contributed by atoms with van der Waals surface area (Å²) in [5, 5.41) is 19.5. The van der Waals surface area contributed by atoms with Crippen LogP contribution in [-0.2, 0) is 22.6 Å². The van der Waals surface area contributed by atoms with Gasteiger partial charge in [-0.05, 0) is 41.0 Å². The van der Waals surface area contributed by atoms with Gasteiger partial charge in [0.2, 0.25) is 0 Å². The molecule has 0 unspecified atom stereocenters. The first-order valence-corrected chi connectivity index (χ1v) is 9.52. The molecule has 0 spiro atoms. The van der Waals surface area contributed by atoms with Gasteiger partial charge in [-0.15, -0.1) is 0 Å². The minimum Gasteiger partial charge on any atom is -0.507 e. The third-order valence-corrected chi connectivity index (χ3v) is 4.73. The quantitative estimate of drug-likeness (QED) is 0.330. The van der Waals surface area contributed by atoms with Gasteiger partial charge in [-0.3, -0.25) is 9.59 Å². The Kier molecular flexibility index (Phi) is 6.67. The van der Waals surface area contributed by atoms with Crippen LogP contribution >= 0.6 is 11.6 Å². The summed E-state index contributed by atoms with van der Waals surface area (Å²) in [6, 6.07) is 14.2. The maximum Gasteiger partial charge on any atom is 0.376 e. The number of aliphatic hydroxyl groups excluding tert-OH is 1. The van der Waals surface area contributed by atoms with Gasteiger partial charge in [-0.25, -0.2) is 9.18 Å². The molecule has 0 radical (unpaired) electrons. The van der Waals surface area contributed by atoms with Gasteiger partial charge in [0.25, 0.3) is 11.3 Å². The summed E-state index contributed by atoms with van der Waals surface area (Å²) in [5.74, 6) is -4.36. The molecule has 0 saturated heterocycles. The summed E-state index contributed by atoms with van der Waals surface area (Å²) < 4.78 is 15.4. The number of carboxylic acid groups (broad SMARTS) is 1. The first-order chi connectivity index (χ1) is 14.7. The fourth-order valence-corrected chi connectivity index (χ4v) is 3.27. The van der Waals surface area contributed by atoms with E-state index in [1.165, 1.54) is 22.9 Å². The number of halogens is 2. The summed E-state index contributed by atoms with van der Waals surface area (Å²) in [5.41, 5.74) is 0.624. The molecule has 158 valence electrons. The number of hydrogen-bond donors (Lipinski definition) is 2. The number of carbonyl (C=O) groups is 2. The van der Waals surface area contributed by atoms with Gasteiger partial charge in [0.1, 0.15) is 11.6 Å². The first kappa shape index (κ1) is 22.0. The molecule has 0 bridgehead atoms. The lowest BCUT2D eigenvalue weighted by atomic mass is 10.0. The molecule has 1 aromatic heterocycles. The van der Waals surface area contributed by atoms with Crippen molar-refractivity contribution in [1.29, 1.82) is 0 Å². The average molecular weight is 442 g/mol. The van der Waals surface area contributed by atoms with Gasteiger partial charge in [0.15, 0.2) is 0 Å². The molecule has 0 aliphatic heterocycles. The van der Waals surface area contributed by atoms with E-state index in [0.29, 0.717) is 27.8 Å². The van der Waals surface area contributed by atoms with Crippen LogP contribution in [0.25, 0.3) is 5.76 Å². The predicted molar refractivity (Wildman–Crippen MR) is 114 cm³/mol. The van der Waals surface area contributed by atoms with Crippen molar-refractivity contribution in [2.75, 3.05) is 0 Å². The summed E-state index contributed by atoms with van der Waals surface area (Å²) >= 11 is 6.00. The van der Waals surface area contributed by atoms with Crippen LogP contribution in [0.1, 0.15) is 22.3 Å². The second-order valence-electron chi connectivity index (χ2n) is 6.79. The van der Waals surface area contributed by atoms with E-state index >= 15 is 0 Å². The minimum absolute atomic E-state index is 0.0949. The van der Waals surface area contributed by atoms with Crippen molar-refractivity contribution in [1.82, 2.24) is 4.57 Å². The summed E-state index contributed by atoms with van der Waals surface area (Å²) in [6.45, 7) is 0.0949. The molecule has 3 rings (SSSR count). The van der Waals surface area contributed by atoms with Crippen LogP contribution in [0.15, 0.2) is 71.7 Å². The van der Waals surface area contributed by atoms with Crippen LogP contribution in [0.2, 0.25) is 5.02 Å². The number of aliphatic hydroxyl groups is 1. The monoisotopic (exact) mass is 441 g/mol. The number of ketones is 1. The molecule has 0 atom stereocenters. The molecule has 0 amide bonds. The Morgan fingerprint density at radius 1 is 1.03 bits per heavy atom. The summed E-state index contributed by atoms with van der Waals surface area (Å²) in [7, 11) is 0. The fraction of sp³-hybridized carbons (Fsp3) is 0.0870. The normalized spacial score (nSPS) is 11.4. The largest absolute Gasteiger partial charge is 0.507 e. The zero-order valence-corrected chi connectivity index (χ0v) is 16.8. The molecule has 1 heterocycles. The van der Waals surface area contributed by atoms with Crippen molar-refractivity contribution in [3.63, 3.8) is 0 Å². The summed E-state index contributed by atoms with van der Waals surface area (Å²) in [6.07, 6.45) is 2.09. The lowest BCUT2D eigenvalue weighted by Gasteiger charge is -2.13. The molecule has 31 heavy (non-hydrogen) atoms. The van der Waals surface area contributed by atoms with Crippen LogP contribution in [0, 0.1) is 5.82 Å². The van der Waals surface area contributed by atoms with E-state index in [-0.39, 0.29) is 18.5 Å². The van der Waals surface area contributed by atoms with Crippen LogP contribution in [-0.4, -0.2) is 26.5 Å². The molecule has 2 N–H and O–H groups in total. The van der Waals surface area contributed by atoms with E-state index in [1.807, 2.05) is 0 Å². The van der Waals surface area contributed by atoms with E-state index in [4.69, 9.17) is 16.7 Å². The smallest absolute Gasteiger partial charge is 0.376 e. The highest BCUT2D eigenvalue weighted by Gasteiger charge is 2.16. The zero-order valence-electron chi connectivity index (χ0n) is 16.1. The van der Waals surface area contributed by atoms with E-state index in [1.54, 1.807) is 42.5 Å². The lowest BCUT2D eigenvalue weighted by molar-refractivity contribution is -0.146. The molecular formula is C23H17ClFNO5. The highest BCUT2D eigenvalue weighted by molar-refractivity contribution is 6.38. The van der Waals surface area contributed by atoms with Crippen LogP contribution in [0.3, 0.4) is 0 Å². The van der Waals surface area contributed by atoms with Gasteiger partial charge >= 0.3 is 5.97 Å². The summed E-state index contributed by atoms with van der Waals surface area (Å²) in [4.78, 5) is 35.2. The highest BCUT2D eigenvalue weighted by Crippen LogP contribution is 2.17. The van der Waals surface area contributed by atoms with Crippen LogP contribution in [0.5, 0.6) is 0 Å². The van der Waals surface area contributed by atoms with Crippen molar-refractivity contribution in [2.45, 2.75) is 13.0 Å². The van der Waals surface area contributed by atoms with Gasteiger partial charge < -0.3 is 14.8 Å². The molecule has 6 nitrogen and oxygen atoms in total. The Bertz CT molecular complexity index is 1250. The first-order valence-electron chi connectivity index (χ1n) is 9.14.